The van der Waals surface area contributed by atoms with Gasteiger partial charge in [-0.3, -0.25) is 0 Å². The molecule has 4 nitrogen and oxygen atoms in total. The van der Waals surface area contributed by atoms with E-state index in [1.54, 1.807) is 0 Å². The summed E-state index contributed by atoms with van der Waals surface area (Å²) in [6.07, 6.45) is 0.661. The molecular weight excluding hydrogens is 158 g/mol. The van der Waals surface area contributed by atoms with Gasteiger partial charge in [-0.25, -0.2) is 0 Å². The van der Waals surface area contributed by atoms with Gasteiger partial charge in [0.05, 0.1) is 19.3 Å². The van der Waals surface area contributed by atoms with E-state index in [2.05, 4.69) is 0 Å². The monoisotopic (exact) mass is 173 g/mol. The lowest BCUT2D eigenvalue weighted by Crippen LogP contribution is -2.21. The fourth-order valence-electron chi connectivity index (χ4n) is 0.713. The molecule has 0 heterocycles. The van der Waals surface area contributed by atoms with E-state index in [1.807, 2.05) is 6.07 Å². The van der Waals surface area contributed by atoms with E-state index < -0.39 is 6.10 Å². The van der Waals surface area contributed by atoms with Crippen LogP contribution in [0.4, 0.5) is 0 Å². The molecule has 0 aromatic rings. The molecule has 1 atom stereocenters. The second-order valence-electron chi connectivity index (χ2n) is 2.45. The first-order chi connectivity index (χ1) is 5.81. The van der Waals surface area contributed by atoms with Gasteiger partial charge < -0.3 is 14.6 Å². The number of nitriles is 1. The van der Waals surface area contributed by atoms with Crippen molar-refractivity contribution < 1.29 is 14.6 Å². The van der Waals surface area contributed by atoms with Crippen molar-refractivity contribution in [2.45, 2.75) is 18.9 Å². The zero-order valence-corrected chi connectivity index (χ0v) is 7.32. The molecule has 0 aliphatic carbocycles. The van der Waals surface area contributed by atoms with Crippen LogP contribution in [0.2, 0.25) is 0 Å². The van der Waals surface area contributed by atoms with E-state index >= 15 is 0 Å². The summed E-state index contributed by atoms with van der Waals surface area (Å²) in [6.45, 7) is 1.09. The highest BCUT2D eigenvalue weighted by molar-refractivity contribution is 4.67. The van der Waals surface area contributed by atoms with E-state index in [0.717, 1.165) is 6.42 Å². The first kappa shape index (κ1) is 11.4. The zero-order valence-electron chi connectivity index (χ0n) is 7.32. The lowest BCUT2D eigenvalue weighted by Gasteiger charge is -2.08. The number of aliphatic hydroxyl groups is 1. The molecule has 70 valence electrons. The van der Waals surface area contributed by atoms with Crippen molar-refractivity contribution in [2.75, 3.05) is 26.9 Å². The molecule has 4 heteroatoms. The maximum atomic E-state index is 9.09. The topological polar surface area (TPSA) is 62.5 Å². The van der Waals surface area contributed by atoms with Crippen molar-refractivity contribution in [1.82, 2.24) is 0 Å². The Morgan fingerprint density at radius 2 is 2.25 bits per heavy atom. The van der Waals surface area contributed by atoms with Gasteiger partial charge in [-0.2, -0.15) is 5.26 Å². The fraction of sp³-hybridized carbons (Fsp3) is 0.875. The lowest BCUT2D eigenvalue weighted by molar-refractivity contribution is -0.00629. The number of nitrogens with zero attached hydrogens (tertiary/aromatic N) is 1. The summed E-state index contributed by atoms with van der Waals surface area (Å²) >= 11 is 0. The minimum Gasteiger partial charge on any atom is -0.388 e. The van der Waals surface area contributed by atoms with Gasteiger partial charge in [0.25, 0.3) is 0 Å². The molecule has 0 spiro atoms. The third-order valence-corrected chi connectivity index (χ3v) is 1.25. The molecule has 0 aliphatic rings. The van der Waals surface area contributed by atoms with Crippen LogP contribution in [0.25, 0.3) is 0 Å². The second-order valence-corrected chi connectivity index (χ2v) is 2.45. The smallest absolute Gasteiger partial charge is 0.101 e. The number of aliphatic hydroxyl groups excluding tert-OH is 1. The van der Waals surface area contributed by atoms with Gasteiger partial charge in [0.1, 0.15) is 6.10 Å². The summed E-state index contributed by atoms with van der Waals surface area (Å²) in [5, 5.41) is 17.3. The van der Waals surface area contributed by atoms with E-state index in [1.165, 1.54) is 7.11 Å². The van der Waals surface area contributed by atoms with Crippen LogP contribution < -0.4 is 0 Å². The summed E-state index contributed by atoms with van der Waals surface area (Å²) in [5.41, 5.74) is 0. The SMILES string of the molecule is COCC(O)COCCCC#N. The van der Waals surface area contributed by atoms with Gasteiger partial charge in [0.15, 0.2) is 0 Å². The molecule has 1 N–H and O–H groups in total. The molecule has 0 aliphatic heterocycles. The number of hydrogen-bond donors (Lipinski definition) is 1. The van der Waals surface area contributed by atoms with Crippen molar-refractivity contribution >= 4 is 0 Å². The minimum absolute atomic E-state index is 0.277. The highest BCUT2D eigenvalue weighted by Crippen LogP contribution is 1.90. The Morgan fingerprint density at radius 3 is 2.83 bits per heavy atom. The van der Waals surface area contributed by atoms with Gasteiger partial charge in [-0.05, 0) is 6.42 Å². The van der Waals surface area contributed by atoms with Crippen molar-refractivity contribution in [2.24, 2.45) is 0 Å². The largest absolute Gasteiger partial charge is 0.388 e. The Labute approximate surface area is 72.7 Å². The molecular formula is C8H15NO3. The molecule has 0 aromatic heterocycles. The normalized spacial score (nSPS) is 12.4. The van der Waals surface area contributed by atoms with Crippen LogP contribution in [0.1, 0.15) is 12.8 Å². The van der Waals surface area contributed by atoms with Crippen molar-refractivity contribution in [3.05, 3.63) is 0 Å². The summed E-state index contributed by atoms with van der Waals surface area (Å²) in [4.78, 5) is 0. The van der Waals surface area contributed by atoms with Crippen LogP contribution in [-0.2, 0) is 9.47 Å². The number of rotatable bonds is 7. The molecule has 0 rings (SSSR count). The number of methoxy groups -OCH3 is 1. The average molecular weight is 173 g/mol. The summed E-state index contributed by atoms with van der Waals surface area (Å²) in [5.74, 6) is 0. The molecule has 0 bridgehead atoms. The van der Waals surface area contributed by atoms with Gasteiger partial charge in [-0.1, -0.05) is 0 Å². The number of unbranched alkanes of at least 4 members (excludes halogenated alkanes) is 1. The molecule has 12 heavy (non-hydrogen) atoms. The Hall–Kier alpha value is -0.630. The third kappa shape index (κ3) is 7.48. The van der Waals surface area contributed by atoms with Crippen molar-refractivity contribution in [1.29, 1.82) is 5.26 Å². The Balaban J connectivity index is 3.04. The molecule has 0 aromatic carbocycles. The highest BCUT2D eigenvalue weighted by Gasteiger charge is 2.01. The summed E-state index contributed by atoms with van der Waals surface area (Å²) in [7, 11) is 1.53. The maximum Gasteiger partial charge on any atom is 0.101 e. The van der Waals surface area contributed by atoms with Gasteiger partial charge in [0, 0.05) is 20.1 Å². The highest BCUT2D eigenvalue weighted by atomic mass is 16.5. The van der Waals surface area contributed by atoms with E-state index in [9.17, 15) is 0 Å². The van der Waals surface area contributed by atoms with Crippen LogP contribution in [0.3, 0.4) is 0 Å². The van der Waals surface area contributed by atoms with Crippen LogP contribution in [-0.4, -0.2) is 38.1 Å². The van der Waals surface area contributed by atoms with Gasteiger partial charge in [-0.15, -0.1) is 0 Å². The first-order valence-electron chi connectivity index (χ1n) is 3.93. The minimum atomic E-state index is -0.558. The van der Waals surface area contributed by atoms with Crippen LogP contribution in [0, 0.1) is 11.3 Å². The van der Waals surface area contributed by atoms with E-state index in [4.69, 9.17) is 19.8 Å². The predicted octanol–water partition coefficient (Wildman–Crippen LogP) is 0.314. The molecule has 1 unspecified atom stereocenters. The quantitative estimate of drug-likeness (QED) is 0.563. The average Bonchev–Trinajstić information content (AvgIpc) is 2.05. The van der Waals surface area contributed by atoms with Crippen molar-refractivity contribution in [3.63, 3.8) is 0 Å². The molecule has 0 amide bonds. The number of ether oxygens (including phenoxy) is 2. The molecule has 0 fully saturated rings. The van der Waals surface area contributed by atoms with Crippen LogP contribution in [0.15, 0.2) is 0 Å². The van der Waals surface area contributed by atoms with E-state index in [-0.39, 0.29) is 13.2 Å². The van der Waals surface area contributed by atoms with Crippen LogP contribution in [0.5, 0.6) is 0 Å². The molecule has 0 saturated carbocycles. The van der Waals surface area contributed by atoms with Gasteiger partial charge in [0.2, 0.25) is 0 Å². The van der Waals surface area contributed by atoms with Crippen LogP contribution >= 0.6 is 0 Å². The van der Waals surface area contributed by atoms with Gasteiger partial charge >= 0.3 is 0 Å². The second kappa shape index (κ2) is 8.47. The van der Waals surface area contributed by atoms with Crippen molar-refractivity contribution in [3.8, 4) is 6.07 Å². The third-order valence-electron chi connectivity index (χ3n) is 1.25. The summed E-state index contributed by atoms with van der Waals surface area (Å²) in [6, 6.07) is 2.01. The predicted molar refractivity (Wildman–Crippen MR) is 43.5 cm³/mol. The molecule has 0 radical (unpaired) electrons. The Bertz CT molecular complexity index is 133. The summed E-state index contributed by atoms with van der Waals surface area (Å²) < 4.78 is 9.77. The fourth-order valence-corrected chi connectivity index (χ4v) is 0.713. The zero-order chi connectivity index (χ0) is 9.23. The molecule has 0 saturated heterocycles. The maximum absolute atomic E-state index is 9.09. The Morgan fingerprint density at radius 1 is 1.50 bits per heavy atom. The standard InChI is InChI=1S/C8H15NO3/c1-11-6-8(10)7-12-5-3-2-4-9/h8,10H,2-3,5-7H2,1H3. The van der Waals surface area contributed by atoms with E-state index in [0.29, 0.717) is 13.0 Å². The lowest BCUT2D eigenvalue weighted by atomic mass is 10.3. The first-order valence-corrected chi connectivity index (χ1v) is 3.93. The Kier molecular flexibility index (Phi) is 8.02. The number of hydrogen-bond acceptors (Lipinski definition) is 4.